The Balaban J connectivity index is 0.992. The zero-order valence-corrected chi connectivity index (χ0v) is 47.4. The standard InChI is InChI=1S/C76H60N4O2/c1-44-36-40-63(78(48-24-14-11-15-25-48)68-46(3)35-38-53-51-29-21-31-59(76(7,8)9)72(51)82-74(53)68)69-55-27-17-19-33-61(55)79(69)64-43-57-49-39-41-62(66-54-26-16-18-32-60(54)80(70(49)66)65(57)42-56(44)64)77(47-22-12-10-13-23-47)67-45(2)34-37-52-50-28-20-30-58(75(4,5)6)71(50)81-73(52)67/h10-43H,1H2,2-9H3. The van der Waals surface area contributed by atoms with Gasteiger partial charge in [0.15, 0.2) is 11.2 Å². The maximum absolute atomic E-state index is 7.23. The van der Waals surface area contributed by atoms with E-state index < -0.39 is 0 Å². The van der Waals surface area contributed by atoms with Gasteiger partial charge in [0.2, 0.25) is 0 Å². The summed E-state index contributed by atoms with van der Waals surface area (Å²) in [6.45, 7) is 22.9. The molecular formula is C76H60N4O2. The number of nitrogens with zero attached hydrogens (tertiary/aromatic N) is 4. The van der Waals surface area contributed by atoms with Crippen molar-refractivity contribution in [2.75, 3.05) is 9.80 Å². The van der Waals surface area contributed by atoms with Crippen LogP contribution >= 0.6 is 0 Å². The van der Waals surface area contributed by atoms with E-state index >= 15 is 0 Å². The molecule has 0 aliphatic heterocycles. The molecule has 0 atom stereocenters. The summed E-state index contributed by atoms with van der Waals surface area (Å²) >= 11 is 0. The topological polar surface area (TPSA) is 41.6 Å². The molecule has 0 saturated heterocycles. The van der Waals surface area contributed by atoms with E-state index in [-0.39, 0.29) is 10.8 Å². The number of anilines is 6. The fraction of sp³-hybridized carbons (Fsp3) is 0.132. The first-order valence-electron chi connectivity index (χ1n) is 28.6. The number of rotatable bonds is 6. The van der Waals surface area contributed by atoms with Crippen LogP contribution in [0.4, 0.5) is 34.1 Å². The van der Waals surface area contributed by atoms with Crippen LogP contribution in [-0.2, 0) is 10.8 Å². The molecule has 16 aromatic rings. The number of aromatic nitrogens is 2. The van der Waals surface area contributed by atoms with E-state index in [9.17, 15) is 0 Å². The zero-order chi connectivity index (χ0) is 55.7. The Morgan fingerprint density at radius 3 is 1.37 bits per heavy atom. The molecule has 6 aromatic heterocycles. The van der Waals surface area contributed by atoms with Crippen LogP contribution in [0.2, 0.25) is 0 Å². The fourth-order valence-corrected chi connectivity index (χ4v) is 13.8. The average molecular weight is 1060 g/mol. The molecule has 0 amide bonds. The second-order valence-corrected chi connectivity index (χ2v) is 24.7. The number of hydrogen-bond donors (Lipinski definition) is 0. The molecule has 6 heterocycles. The minimum atomic E-state index is -0.119. The molecule has 0 radical (unpaired) electrons. The quantitative estimate of drug-likeness (QED) is 0.166. The highest BCUT2D eigenvalue weighted by atomic mass is 16.3. The SMILES string of the molecule is C=c1ccc(N(c2ccccc2)c2c(C)ccc3c2oc2c(C(C)(C)C)cccc23)c2c3ccccc3n2c2cc3c4ccc(N(c5ccccc5)c5c(C)ccc6c5oc5c(C(C)(C)C)cccc56)c5c6ccccc6n(c3cc12)c45. The van der Waals surface area contributed by atoms with Gasteiger partial charge in [-0.25, -0.2) is 0 Å². The molecule has 0 N–H and O–H groups in total. The van der Waals surface area contributed by atoms with Crippen molar-refractivity contribution in [1.29, 1.82) is 0 Å². The molecule has 10 aromatic carbocycles. The highest BCUT2D eigenvalue weighted by Gasteiger charge is 2.31. The molecule has 6 nitrogen and oxygen atoms in total. The number of fused-ring (bicyclic) bond motifs is 18. The van der Waals surface area contributed by atoms with Gasteiger partial charge >= 0.3 is 0 Å². The number of hydrogen-bond acceptors (Lipinski definition) is 4. The third-order valence-corrected chi connectivity index (χ3v) is 17.6. The van der Waals surface area contributed by atoms with Crippen LogP contribution in [0.15, 0.2) is 215 Å². The summed E-state index contributed by atoms with van der Waals surface area (Å²) < 4.78 is 19.4. The zero-order valence-electron chi connectivity index (χ0n) is 47.4. The first kappa shape index (κ1) is 48.2. The summed E-state index contributed by atoms with van der Waals surface area (Å²) in [5.41, 5.74) is 21.1. The molecule has 82 heavy (non-hydrogen) atoms. The maximum atomic E-state index is 7.23. The molecule has 16 rings (SSSR count). The van der Waals surface area contributed by atoms with Crippen molar-refractivity contribution in [3.63, 3.8) is 0 Å². The van der Waals surface area contributed by atoms with Gasteiger partial charge < -0.3 is 27.4 Å². The van der Waals surface area contributed by atoms with E-state index in [1.165, 1.54) is 43.6 Å². The van der Waals surface area contributed by atoms with E-state index in [2.05, 4.69) is 280 Å². The summed E-state index contributed by atoms with van der Waals surface area (Å²) in [5.74, 6) is 0. The Morgan fingerprint density at radius 2 is 0.793 bits per heavy atom. The van der Waals surface area contributed by atoms with Gasteiger partial charge in [0, 0.05) is 76.4 Å². The molecular weight excluding hydrogens is 1000 g/mol. The number of furan rings is 2. The normalized spacial score (nSPS) is 12.7. The molecule has 0 spiro atoms. The Hall–Kier alpha value is -9.78. The molecule has 0 aliphatic rings. The Kier molecular flexibility index (Phi) is 10.1. The minimum Gasteiger partial charge on any atom is -0.454 e. The van der Waals surface area contributed by atoms with E-state index in [0.29, 0.717) is 0 Å². The first-order valence-corrected chi connectivity index (χ1v) is 28.6. The van der Waals surface area contributed by atoms with Gasteiger partial charge in [0.05, 0.1) is 55.8 Å². The van der Waals surface area contributed by atoms with Gasteiger partial charge in [-0.1, -0.05) is 194 Å². The minimum absolute atomic E-state index is 0.112. The molecule has 0 fully saturated rings. The summed E-state index contributed by atoms with van der Waals surface area (Å²) in [7, 11) is 0. The van der Waals surface area contributed by atoms with Gasteiger partial charge in [-0.2, -0.15) is 0 Å². The van der Waals surface area contributed by atoms with Crippen molar-refractivity contribution < 1.29 is 8.83 Å². The lowest BCUT2D eigenvalue weighted by molar-refractivity contribution is 0.572. The van der Waals surface area contributed by atoms with Crippen molar-refractivity contribution in [1.82, 2.24) is 8.80 Å². The lowest BCUT2D eigenvalue weighted by Gasteiger charge is -2.30. The molecule has 396 valence electrons. The number of benzene rings is 10. The first-order chi connectivity index (χ1) is 39.7. The molecule has 6 heteroatoms. The van der Waals surface area contributed by atoms with Crippen LogP contribution in [0.3, 0.4) is 0 Å². The Morgan fingerprint density at radius 1 is 0.354 bits per heavy atom. The van der Waals surface area contributed by atoms with E-state index in [1.54, 1.807) is 0 Å². The van der Waals surface area contributed by atoms with Crippen molar-refractivity contribution in [3.8, 4) is 0 Å². The molecule has 0 bridgehead atoms. The highest BCUT2D eigenvalue weighted by Crippen LogP contribution is 2.53. The van der Waals surface area contributed by atoms with Gasteiger partial charge in [-0.15, -0.1) is 0 Å². The molecule has 0 unspecified atom stereocenters. The van der Waals surface area contributed by atoms with Crippen molar-refractivity contribution in [2.45, 2.75) is 66.2 Å². The van der Waals surface area contributed by atoms with Crippen LogP contribution in [0.5, 0.6) is 0 Å². The monoisotopic (exact) mass is 1060 g/mol. The van der Waals surface area contributed by atoms with E-state index in [1.807, 2.05) is 0 Å². The van der Waals surface area contributed by atoms with Crippen LogP contribution < -0.4 is 15.0 Å². The van der Waals surface area contributed by atoms with Crippen LogP contribution in [0, 0.1) is 13.8 Å². The van der Waals surface area contributed by atoms with Crippen molar-refractivity contribution in [2.24, 2.45) is 0 Å². The predicted molar refractivity (Wildman–Crippen MR) is 347 cm³/mol. The summed E-state index contributed by atoms with van der Waals surface area (Å²) in [4.78, 5) is 4.87. The van der Waals surface area contributed by atoms with Crippen molar-refractivity contribution in [3.05, 3.63) is 234 Å². The summed E-state index contributed by atoms with van der Waals surface area (Å²) in [5, 5.41) is 12.4. The van der Waals surface area contributed by atoms with Gasteiger partial charge in [-0.05, 0) is 102 Å². The number of para-hydroxylation sites is 6. The Labute approximate surface area is 474 Å². The van der Waals surface area contributed by atoms with Crippen LogP contribution in [0.25, 0.3) is 116 Å². The average Bonchev–Trinajstić information content (AvgIpc) is 1.92. The lowest BCUT2D eigenvalue weighted by atomic mass is 9.86. The Bertz CT molecular complexity index is 5410. The largest absolute Gasteiger partial charge is 0.454 e. The van der Waals surface area contributed by atoms with Crippen LogP contribution in [0.1, 0.15) is 63.8 Å². The third-order valence-electron chi connectivity index (χ3n) is 17.6. The third kappa shape index (κ3) is 6.69. The van der Waals surface area contributed by atoms with Gasteiger partial charge in [0.25, 0.3) is 0 Å². The van der Waals surface area contributed by atoms with E-state index in [4.69, 9.17) is 15.4 Å². The molecule has 0 saturated carbocycles. The van der Waals surface area contributed by atoms with Crippen molar-refractivity contribution >= 4 is 150 Å². The van der Waals surface area contributed by atoms with E-state index in [0.717, 1.165) is 127 Å². The predicted octanol–water partition coefficient (Wildman–Crippen LogP) is 21.0. The smallest absolute Gasteiger partial charge is 0.159 e. The van der Waals surface area contributed by atoms with Gasteiger partial charge in [0.1, 0.15) is 11.2 Å². The molecule has 0 aliphatic carbocycles. The summed E-state index contributed by atoms with van der Waals surface area (Å²) in [6, 6.07) is 75.5. The summed E-state index contributed by atoms with van der Waals surface area (Å²) in [6.07, 6.45) is 0. The second kappa shape index (κ2) is 17.1. The second-order valence-electron chi connectivity index (χ2n) is 24.7. The fourth-order valence-electron chi connectivity index (χ4n) is 13.8. The van der Waals surface area contributed by atoms with Crippen LogP contribution in [-0.4, -0.2) is 8.80 Å². The van der Waals surface area contributed by atoms with Gasteiger partial charge in [-0.3, -0.25) is 0 Å². The maximum Gasteiger partial charge on any atom is 0.159 e. The lowest BCUT2D eigenvalue weighted by Crippen LogP contribution is -2.15. The highest BCUT2D eigenvalue weighted by molar-refractivity contribution is 6.29. The number of aryl methyl sites for hydroxylation is 2.